The molecule has 6 heteroatoms. The van der Waals surface area contributed by atoms with E-state index in [1.54, 1.807) is 7.11 Å². The average molecular weight is 265 g/mol. The number of nitrogens with one attached hydrogen (secondary N) is 1. The van der Waals surface area contributed by atoms with Crippen molar-refractivity contribution < 1.29 is 4.74 Å². The molecule has 0 spiro atoms. The molecule has 0 bridgehead atoms. The van der Waals surface area contributed by atoms with Crippen molar-refractivity contribution in [3.05, 3.63) is 11.9 Å². The normalized spacial score (nSPS) is 23.5. The van der Waals surface area contributed by atoms with Crippen LogP contribution < -0.4 is 16.2 Å². The number of aromatic nitrogens is 2. The number of anilines is 2. The molecule has 0 saturated carbocycles. The van der Waals surface area contributed by atoms with Gasteiger partial charge < -0.3 is 15.1 Å². The fourth-order valence-corrected chi connectivity index (χ4v) is 2.56. The third-order valence-electron chi connectivity index (χ3n) is 3.85. The summed E-state index contributed by atoms with van der Waals surface area (Å²) in [5.74, 6) is 8.35. The van der Waals surface area contributed by atoms with E-state index >= 15 is 0 Å². The van der Waals surface area contributed by atoms with Gasteiger partial charge in [0.2, 0.25) is 0 Å². The molecule has 19 heavy (non-hydrogen) atoms. The maximum atomic E-state index is 5.48. The van der Waals surface area contributed by atoms with Gasteiger partial charge in [0.15, 0.2) is 5.82 Å². The van der Waals surface area contributed by atoms with Gasteiger partial charge in [0.25, 0.3) is 0 Å². The van der Waals surface area contributed by atoms with Gasteiger partial charge in [-0.25, -0.2) is 15.8 Å². The van der Waals surface area contributed by atoms with Crippen LogP contribution >= 0.6 is 0 Å². The Morgan fingerprint density at radius 3 is 2.95 bits per heavy atom. The number of methoxy groups -OCH3 is 1. The highest BCUT2D eigenvalue weighted by Crippen LogP contribution is 2.28. The smallest absolute Gasteiger partial charge is 0.158 e. The minimum Gasteiger partial charge on any atom is -0.377 e. The zero-order chi connectivity index (χ0) is 13.8. The van der Waals surface area contributed by atoms with Gasteiger partial charge >= 0.3 is 0 Å². The van der Waals surface area contributed by atoms with Crippen LogP contribution in [0.5, 0.6) is 0 Å². The number of rotatable bonds is 4. The summed E-state index contributed by atoms with van der Waals surface area (Å²) in [6.07, 6.45) is 2.47. The van der Waals surface area contributed by atoms with Crippen molar-refractivity contribution in [1.82, 2.24) is 9.97 Å². The van der Waals surface area contributed by atoms with Crippen molar-refractivity contribution in [3.63, 3.8) is 0 Å². The number of piperidine rings is 1. The highest BCUT2D eigenvalue weighted by atomic mass is 16.5. The quantitative estimate of drug-likeness (QED) is 0.635. The monoisotopic (exact) mass is 265 g/mol. The summed E-state index contributed by atoms with van der Waals surface area (Å²) < 4.78 is 5.11. The van der Waals surface area contributed by atoms with Gasteiger partial charge in [-0.05, 0) is 25.7 Å². The molecule has 1 aromatic heterocycles. The van der Waals surface area contributed by atoms with Gasteiger partial charge in [-0.1, -0.05) is 6.92 Å². The molecule has 1 fully saturated rings. The molecule has 2 atom stereocenters. The number of nitrogens with two attached hydrogens (primary N) is 1. The highest BCUT2D eigenvalue weighted by molar-refractivity contribution is 5.49. The standard InChI is InChI=1S/C13H23N5O/c1-9-5-4-6-18(10(9)2)13-7-11(17-14)15-12(16-13)8-19-3/h7,9-10H,4-6,8,14H2,1-3H3,(H,15,16,17). The second-order valence-corrected chi connectivity index (χ2v) is 5.16. The van der Waals surface area contributed by atoms with Crippen LogP contribution in [0.15, 0.2) is 6.07 Å². The van der Waals surface area contributed by atoms with E-state index in [0.717, 1.165) is 12.4 Å². The molecule has 2 heterocycles. The highest BCUT2D eigenvalue weighted by Gasteiger charge is 2.26. The summed E-state index contributed by atoms with van der Waals surface area (Å²) in [5, 5.41) is 0. The van der Waals surface area contributed by atoms with Crippen molar-refractivity contribution in [2.75, 3.05) is 24.0 Å². The summed E-state index contributed by atoms with van der Waals surface area (Å²) in [5.41, 5.74) is 2.60. The zero-order valence-electron chi connectivity index (χ0n) is 11.9. The molecule has 1 aliphatic heterocycles. The van der Waals surface area contributed by atoms with Gasteiger partial charge in [-0.2, -0.15) is 0 Å². The lowest BCUT2D eigenvalue weighted by molar-refractivity contribution is 0.178. The lowest BCUT2D eigenvalue weighted by Gasteiger charge is -2.38. The van der Waals surface area contributed by atoms with E-state index in [2.05, 4.69) is 34.1 Å². The minimum absolute atomic E-state index is 0.389. The Morgan fingerprint density at radius 2 is 2.26 bits per heavy atom. The first-order valence-corrected chi connectivity index (χ1v) is 6.76. The van der Waals surface area contributed by atoms with E-state index in [9.17, 15) is 0 Å². The Labute approximate surface area is 114 Å². The van der Waals surface area contributed by atoms with Crippen molar-refractivity contribution in [2.24, 2.45) is 11.8 Å². The molecule has 2 rings (SSSR count). The van der Waals surface area contributed by atoms with Gasteiger partial charge in [0, 0.05) is 25.8 Å². The van der Waals surface area contributed by atoms with Crippen molar-refractivity contribution >= 4 is 11.6 Å². The van der Waals surface area contributed by atoms with Gasteiger partial charge in [0.1, 0.15) is 18.2 Å². The first-order valence-electron chi connectivity index (χ1n) is 6.76. The van der Waals surface area contributed by atoms with Crippen molar-refractivity contribution in [2.45, 2.75) is 39.3 Å². The summed E-state index contributed by atoms with van der Waals surface area (Å²) >= 11 is 0. The second kappa shape index (κ2) is 6.16. The third-order valence-corrected chi connectivity index (χ3v) is 3.85. The van der Waals surface area contributed by atoms with Crippen LogP contribution in [0.4, 0.5) is 11.6 Å². The fourth-order valence-electron chi connectivity index (χ4n) is 2.56. The lowest BCUT2D eigenvalue weighted by atomic mass is 9.92. The summed E-state index contributed by atoms with van der Waals surface area (Å²) in [4.78, 5) is 11.2. The van der Waals surface area contributed by atoms with Crippen LogP contribution in [-0.4, -0.2) is 29.7 Å². The number of hydrogen-bond acceptors (Lipinski definition) is 6. The predicted octanol–water partition coefficient (Wildman–Crippen LogP) is 1.53. The molecular weight excluding hydrogens is 242 g/mol. The van der Waals surface area contributed by atoms with Crippen LogP contribution in [0.25, 0.3) is 0 Å². The van der Waals surface area contributed by atoms with Crippen molar-refractivity contribution in [1.29, 1.82) is 0 Å². The maximum Gasteiger partial charge on any atom is 0.158 e. The Bertz CT molecular complexity index is 425. The third kappa shape index (κ3) is 3.13. The molecule has 0 aromatic carbocycles. The van der Waals surface area contributed by atoms with Crippen LogP contribution in [0.1, 0.15) is 32.5 Å². The van der Waals surface area contributed by atoms with Crippen LogP contribution in [0.3, 0.4) is 0 Å². The van der Waals surface area contributed by atoms with Gasteiger partial charge in [0.05, 0.1) is 0 Å². The Morgan fingerprint density at radius 1 is 1.47 bits per heavy atom. The largest absolute Gasteiger partial charge is 0.377 e. The topological polar surface area (TPSA) is 76.3 Å². The van der Waals surface area contributed by atoms with E-state index in [1.807, 2.05) is 6.07 Å². The van der Waals surface area contributed by atoms with Crippen LogP contribution in [0.2, 0.25) is 0 Å². The van der Waals surface area contributed by atoms with E-state index in [1.165, 1.54) is 12.8 Å². The predicted molar refractivity (Wildman–Crippen MR) is 75.8 cm³/mol. The Hall–Kier alpha value is -1.40. The minimum atomic E-state index is 0.389. The van der Waals surface area contributed by atoms with Crippen LogP contribution in [0, 0.1) is 5.92 Å². The molecule has 3 N–H and O–H groups in total. The summed E-state index contributed by atoms with van der Waals surface area (Å²) in [6.45, 7) is 5.95. The number of nitrogens with zero attached hydrogens (tertiary/aromatic N) is 3. The van der Waals surface area contributed by atoms with E-state index in [4.69, 9.17) is 10.6 Å². The zero-order valence-corrected chi connectivity index (χ0v) is 11.9. The molecule has 106 valence electrons. The Balaban J connectivity index is 2.29. The van der Waals surface area contributed by atoms with E-state index < -0.39 is 0 Å². The summed E-state index contributed by atoms with van der Waals surface area (Å²) in [7, 11) is 1.64. The van der Waals surface area contributed by atoms with Crippen LogP contribution in [-0.2, 0) is 11.3 Å². The molecular formula is C13H23N5O. The second-order valence-electron chi connectivity index (χ2n) is 5.16. The summed E-state index contributed by atoms with van der Waals surface area (Å²) in [6, 6.07) is 2.37. The first-order chi connectivity index (χ1) is 9.15. The average Bonchev–Trinajstić information content (AvgIpc) is 2.42. The fraction of sp³-hybridized carbons (Fsp3) is 0.692. The molecule has 0 radical (unpaired) electrons. The molecule has 0 amide bonds. The van der Waals surface area contributed by atoms with Gasteiger partial charge in [-0.15, -0.1) is 0 Å². The first kappa shape index (κ1) is 14.0. The number of nitrogen functional groups attached to an aromatic ring is 1. The SMILES string of the molecule is COCc1nc(NN)cc(N2CCCC(C)C2C)n1. The van der Waals surface area contributed by atoms with E-state index in [-0.39, 0.29) is 0 Å². The number of ether oxygens (including phenoxy) is 1. The lowest BCUT2D eigenvalue weighted by Crippen LogP contribution is -2.43. The Kier molecular flexibility index (Phi) is 4.55. The molecule has 0 aliphatic carbocycles. The molecule has 1 aromatic rings. The molecule has 1 aliphatic rings. The molecule has 2 unspecified atom stereocenters. The van der Waals surface area contributed by atoms with Gasteiger partial charge in [-0.3, -0.25) is 0 Å². The molecule has 1 saturated heterocycles. The van der Waals surface area contributed by atoms with E-state index in [0.29, 0.717) is 30.2 Å². The number of hydrazine groups is 1. The number of hydrogen-bond donors (Lipinski definition) is 2. The molecule has 6 nitrogen and oxygen atoms in total. The van der Waals surface area contributed by atoms with Crippen molar-refractivity contribution in [3.8, 4) is 0 Å². The maximum absolute atomic E-state index is 5.48.